The number of carbonyl (C=O) groups excluding carboxylic acids is 3. The lowest BCUT2D eigenvalue weighted by molar-refractivity contribution is -0.139. The zero-order valence-corrected chi connectivity index (χ0v) is 17.6. The Bertz CT molecular complexity index is 999. The molecule has 9 nitrogen and oxygen atoms in total. The van der Waals surface area contributed by atoms with E-state index in [-0.39, 0.29) is 18.0 Å². The third-order valence-electron chi connectivity index (χ3n) is 4.71. The Kier molecular flexibility index (Phi) is 7.14. The number of aliphatic carboxylic acids is 1. The van der Waals surface area contributed by atoms with Gasteiger partial charge in [0.1, 0.15) is 12.6 Å². The largest absolute Gasteiger partial charge is 0.480 e. The molecule has 0 spiro atoms. The first-order chi connectivity index (χ1) is 14.9. The number of thioether (sulfide) groups is 1. The summed E-state index contributed by atoms with van der Waals surface area (Å²) >= 11 is 1.50. The molecule has 1 fully saturated rings. The van der Waals surface area contributed by atoms with Gasteiger partial charge in [0, 0.05) is 11.3 Å². The molecule has 0 saturated carbocycles. The minimum absolute atomic E-state index is 0.165. The third-order valence-corrected chi connectivity index (χ3v) is 5.36. The fourth-order valence-electron chi connectivity index (χ4n) is 3.14. The van der Waals surface area contributed by atoms with Crippen LogP contribution in [0.25, 0.3) is 11.1 Å². The summed E-state index contributed by atoms with van der Waals surface area (Å²) in [5, 5.41) is 12.0. The molecule has 1 heterocycles. The highest BCUT2D eigenvalue weighted by Crippen LogP contribution is 2.29. The number of amides is 4. The van der Waals surface area contributed by atoms with E-state index < -0.39 is 23.9 Å². The first-order valence-electron chi connectivity index (χ1n) is 9.49. The fraction of sp³-hybridized carbons (Fsp3) is 0.238. The predicted octanol–water partition coefficient (Wildman–Crippen LogP) is 1.85. The van der Waals surface area contributed by atoms with Gasteiger partial charge in [-0.3, -0.25) is 19.9 Å². The summed E-state index contributed by atoms with van der Waals surface area (Å²) in [6, 6.07) is 12.3. The van der Waals surface area contributed by atoms with Crippen LogP contribution in [0.5, 0.6) is 0 Å². The van der Waals surface area contributed by atoms with E-state index in [1.165, 1.54) is 22.7 Å². The number of anilines is 1. The Labute approximate surface area is 183 Å². The summed E-state index contributed by atoms with van der Waals surface area (Å²) in [5.41, 5.74) is 6.46. The molecule has 0 aromatic heterocycles. The average molecular weight is 442 g/mol. The van der Waals surface area contributed by atoms with E-state index in [0.29, 0.717) is 29.0 Å². The molecule has 1 aliphatic heterocycles. The Morgan fingerprint density at radius 3 is 2.58 bits per heavy atom. The summed E-state index contributed by atoms with van der Waals surface area (Å²) in [4.78, 5) is 49.7. The van der Waals surface area contributed by atoms with Gasteiger partial charge in [0.25, 0.3) is 11.8 Å². The highest BCUT2D eigenvalue weighted by molar-refractivity contribution is 7.98. The molecule has 0 radical (unpaired) electrons. The van der Waals surface area contributed by atoms with E-state index in [0.717, 1.165) is 0 Å². The van der Waals surface area contributed by atoms with Gasteiger partial charge in [0.05, 0.1) is 0 Å². The second-order valence-electron chi connectivity index (χ2n) is 6.81. The number of carbonyl (C=O) groups is 4. The third kappa shape index (κ3) is 5.34. The number of carboxylic acids is 1. The van der Waals surface area contributed by atoms with Crippen molar-refractivity contribution in [2.75, 3.05) is 23.5 Å². The van der Waals surface area contributed by atoms with Gasteiger partial charge in [0.2, 0.25) is 0 Å². The normalized spacial score (nSPS) is 14.4. The first kappa shape index (κ1) is 22.2. The van der Waals surface area contributed by atoms with Crippen molar-refractivity contribution in [1.82, 2.24) is 16.2 Å². The second-order valence-corrected chi connectivity index (χ2v) is 7.79. The molecule has 1 atom stereocenters. The maximum atomic E-state index is 13.0. The van der Waals surface area contributed by atoms with E-state index in [1.807, 2.05) is 24.5 Å². The van der Waals surface area contributed by atoms with Gasteiger partial charge in [-0.25, -0.2) is 15.0 Å². The fourth-order valence-corrected chi connectivity index (χ4v) is 3.61. The molecule has 10 heteroatoms. The SMILES string of the molecule is CSCCC(NC(=O)c1ccc(N2CC(=O)NNC2=O)cc1-c1ccccc1)C(=O)O. The van der Waals surface area contributed by atoms with Crippen LogP contribution in [0.15, 0.2) is 48.5 Å². The standard InChI is InChI=1S/C21H22N4O5S/c1-31-10-9-17(20(28)29)22-19(27)15-8-7-14(25-12-18(26)23-24-21(25)30)11-16(15)13-5-3-2-4-6-13/h2-8,11,17H,9-10,12H2,1H3,(H,22,27)(H,23,26)(H,24,30)(H,28,29). The minimum Gasteiger partial charge on any atom is -0.480 e. The van der Waals surface area contributed by atoms with Crippen molar-refractivity contribution in [3.8, 4) is 11.1 Å². The van der Waals surface area contributed by atoms with Crippen LogP contribution in [0.3, 0.4) is 0 Å². The smallest absolute Gasteiger partial charge is 0.341 e. The molecule has 4 N–H and O–H groups in total. The van der Waals surface area contributed by atoms with Crippen LogP contribution in [0.2, 0.25) is 0 Å². The Morgan fingerprint density at radius 2 is 1.90 bits per heavy atom. The van der Waals surface area contributed by atoms with Crippen molar-refractivity contribution in [1.29, 1.82) is 0 Å². The number of rotatable bonds is 8. The lowest BCUT2D eigenvalue weighted by atomic mass is 9.97. The Morgan fingerprint density at radius 1 is 1.16 bits per heavy atom. The highest BCUT2D eigenvalue weighted by Gasteiger charge is 2.27. The number of hydrogen-bond donors (Lipinski definition) is 4. The quantitative estimate of drug-likeness (QED) is 0.494. The number of nitrogens with zero attached hydrogens (tertiary/aromatic N) is 1. The molecule has 0 aliphatic carbocycles. The Balaban J connectivity index is 1.98. The topological polar surface area (TPSA) is 128 Å². The molecule has 4 amide bonds. The van der Waals surface area contributed by atoms with Crippen LogP contribution >= 0.6 is 11.8 Å². The molecular weight excluding hydrogens is 420 g/mol. The molecule has 2 aromatic carbocycles. The van der Waals surface area contributed by atoms with Crippen LogP contribution in [0, 0.1) is 0 Å². The highest BCUT2D eigenvalue weighted by atomic mass is 32.2. The number of hydrogen-bond acceptors (Lipinski definition) is 5. The maximum absolute atomic E-state index is 13.0. The van der Waals surface area contributed by atoms with Crippen LogP contribution < -0.4 is 21.1 Å². The summed E-state index contributed by atoms with van der Waals surface area (Å²) in [6.45, 7) is -0.165. The number of urea groups is 1. The van der Waals surface area contributed by atoms with Gasteiger partial charge in [-0.2, -0.15) is 11.8 Å². The van der Waals surface area contributed by atoms with Crippen LogP contribution in [0.1, 0.15) is 16.8 Å². The van der Waals surface area contributed by atoms with Crippen molar-refractivity contribution in [3.05, 3.63) is 54.1 Å². The summed E-state index contributed by atoms with van der Waals surface area (Å²) in [6.07, 6.45) is 2.16. The number of hydrazine groups is 1. The predicted molar refractivity (Wildman–Crippen MR) is 118 cm³/mol. The van der Waals surface area contributed by atoms with Crippen molar-refractivity contribution in [3.63, 3.8) is 0 Å². The van der Waals surface area contributed by atoms with Crippen molar-refractivity contribution in [2.45, 2.75) is 12.5 Å². The first-order valence-corrected chi connectivity index (χ1v) is 10.9. The number of nitrogens with one attached hydrogen (secondary N) is 3. The molecule has 0 bridgehead atoms. The molecule has 1 aliphatic rings. The zero-order valence-electron chi connectivity index (χ0n) is 16.8. The monoisotopic (exact) mass is 442 g/mol. The maximum Gasteiger partial charge on any atom is 0.341 e. The van der Waals surface area contributed by atoms with Crippen molar-refractivity contribution < 1.29 is 24.3 Å². The summed E-state index contributed by atoms with van der Waals surface area (Å²) < 4.78 is 0. The van der Waals surface area contributed by atoms with E-state index in [2.05, 4.69) is 16.2 Å². The second kappa shape index (κ2) is 9.98. The molecule has 2 aromatic rings. The molecule has 31 heavy (non-hydrogen) atoms. The van der Waals surface area contributed by atoms with E-state index in [9.17, 15) is 24.3 Å². The van der Waals surface area contributed by atoms with E-state index in [4.69, 9.17) is 0 Å². The van der Waals surface area contributed by atoms with Gasteiger partial charge in [0.15, 0.2) is 0 Å². The van der Waals surface area contributed by atoms with Crippen molar-refractivity contribution >= 4 is 41.3 Å². The average Bonchev–Trinajstić information content (AvgIpc) is 2.78. The Hall–Kier alpha value is -3.53. The van der Waals surface area contributed by atoms with Crippen LogP contribution in [-0.4, -0.2) is 53.5 Å². The van der Waals surface area contributed by atoms with Gasteiger partial charge < -0.3 is 10.4 Å². The zero-order chi connectivity index (χ0) is 22.4. The molecule has 1 saturated heterocycles. The van der Waals surface area contributed by atoms with Gasteiger partial charge in [-0.15, -0.1) is 0 Å². The van der Waals surface area contributed by atoms with Gasteiger partial charge in [-0.1, -0.05) is 30.3 Å². The molecule has 1 unspecified atom stereocenters. The number of carboxylic acid groups (broad SMARTS) is 1. The number of benzene rings is 2. The lowest BCUT2D eigenvalue weighted by Gasteiger charge is -2.28. The molecular formula is C21H22N4O5S. The summed E-state index contributed by atoms with van der Waals surface area (Å²) in [5.74, 6) is -1.41. The minimum atomic E-state index is -1.10. The molecule has 162 valence electrons. The van der Waals surface area contributed by atoms with Crippen LogP contribution in [-0.2, 0) is 9.59 Å². The van der Waals surface area contributed by atoms with Gasteiger partial charge in [-0.05, 0) is 47.8 Å². The van der Waals surface area contributed by atoms with Crippen LogP contribution in [0.4, 0.5) is 10.5 Å². The molecule has 3 rings (SSSR count). The van der Waals surface area contributed by atoms with Gasteiger partial charge >= 0.3 is 12.0 Å². The van der Waals surface area contributed by atoms with E-state index >= 15 is 0 Å². The van der Waals surface area contributed by atoms with E-state index in [1.54, 1.807) is 24.3 Å². The summed E-state index contributed by atoms with van der Waals surface area (Å²) in [7, 11) is 0. The lowest BCUT2D eigenvalue weighted by Crippen LogP contribution is -2.58. The van der Waals surface area contributed by atoms with Crippen molar-refractivity contribution in [2.24, 2.45) is 0 Å².